The molecule has 2 N–H and O–H groups in total. The summed E-state index contributed by atoms with van der Waals surface area (Å²) in [5.74, 6) is 0. The van der Waals surface area contributed by atoms with Crippen LogP contribution in [0.4, 0.5) is 11.4 Å². The Morgan fingerprint density at radius 3 is 2.10 bits per heavy atom. The van der Waals surface area contributed by atoms with Gasteiger partial charge in [-0.05, 0) is 61.3 Å². The molecule has 3 heteroatoms. The fourth-order valence-corrected chi connectivity index (χ4v) is 2.33. The topological polar surface area (TPSA) is 24.1 Å². The summed E-state index contributed by atoms with van der Waals surface area (Å²) in [6, 6.07) is 14.5. The number of hydrogen-bond acceptors (Lipinski definition) is 1. The zero-order valence-corrected chi connectivity index (χ0v) is 13.0. The van der Waals surface area contributed by atoms with Gasteiger partial charge in [-0.15, -0.1) is 0 Å². The molecule has 0 aliphatic heterocycles. The average molecular weight is 284 g/mol. The maximum atomic E-state index is 5.38. The summed E-state index contributed by atoms with van der Waals surface area (Å²) in [7, 11) is 0. The number of para-hydroxylation sites is 1. The molecule has 0 amide bonds. The molecular weight excluding hydrogens is 264 g/mol. The maximum Gasteiger partial charge on any atom is 0.175 e. The Hall–Kier alpha value is -1.87. The van der Waals surface area contributed by atoms with E-state index in [0.29, 0.717) is 5.11 Å². The number of aryl methyl sites for hydroxylation is 3. The molecule has 0 atom stereocenters. The van der Waals surface area contributed by atoms with Gasteiger partial charge in [0.1, 0.15) is 0 Å². The lowest BCUT2D eigenvalue weighted by Crippen LogP contribution is -2.20. The lowest BCUT2D eigenvalue weighted by molar-refractivity contribution is 1.14. The Balaban J connectivity index is 2.05. The summed E-state index contributed by atoms with van der Waals surface area (Å²) in [6.07, 6.45) is 1.05. The van der Waals surface area contributed by atoms with Gasteiger partial charge >= 0.3 is 0 Å². The van der Waals surface area contributed by atoms with Crippen LogP contribution in [0.5, 0.6) is 0 Å². The highest BCUT2D eigenvalue weighted by Gasteiger charge is 2.04. The fraction of sp³-hybridized carbons (Fsp3) is 0.235. The number of rotatable bonds is 3. The van der Waals surface area contributed by atoms with E-state index < -0.39 is 0 Å². The Morgan fingerprint density at radius 2 is 1.55 bits per heavy atom. The van der Waals surface area contributed by atoms with Crippen molar-refractivity contribution in [3.8, 4) is 0 Å². The van der Waals surface area contributed by atoms with E-state index in [0.717, 1.165) is 17.8 Å². The number of hydrogen-bond donors (Lipinski definition) is 2. The summed E-state index contributed by atoms with van der Waals surface area (Å²) < 4.78 is 0. The molecule has 0 saturated heterocycles. The van der Waals surface area contributed by atoms with Crippen LogP contribution in [0.25, 0.3) is 0 Å². The first-order valence-electron chi connectivity index (χ1n) is 6.83. The zero-order valence-electron chi connectivity index (χ0n) is 12.2. The van der Waals surface area contributed by atoms with Crippen molar-refractivity contribution in [1.29, 1.82) is 0 Å². The van der Waals surface area contributed by atoms with Crippen molar-refractivity contribution in [3.63, 3.8) is 0 Å². The van der Waals surface area contributed by atoms with Crippen LogP contribution in [0, 0.1) is 13.8 Å². The minimum Gasteiger partial charge on any atom is -0.332 e. The third-order valence-electron chi connectivity index (χ3n) is 3.34. The molecule has 2 nitrogen and oxygen atoms in total. The molecular formula is C17H20N2S. The second-order valence-electron chi connectivity index (χ2n) is 4.90. The molecule has 0 aliphatic carbocycles. The van der Waals surface area contributed by atoms with Crippen molar-refractivity contribution < 1.29 is 0 Å². The van der Waals surface area contributed by atoms with Gasteiger partial charge in [0.2, 0.25) is 0 Å². The minimum atomic E-state index is 0.617. The van der Waals surface area contributed by atoms with E-state index in [9.17, 15) is 0 Å². The zero-order chi connectivity index (χ0) is 14.5. The average Bonchev–Trinajstić information content (AvgIpc) is 2.44. The molecule has 0 aliphatic rings. The third kappa shape index (κ3) is 3.58. The van der Waals surface area contributed by atoms with Crippen LogP contribution >= 0.6 is 12.2 Å². The number of benzene rings is 2. The summed E-state index contributed by atoms with van der Waals surface area (Å²) >= 11 is 5.38. The summed E-state index contributed by atoms with van der Waals surface area (Å²) in [5.41, 5.74) is 5.79. The van der Waals surface area contributed by atoms with Gasteiger partial charge in [-0.3, -0.25) is 0 Å². The molecule has 0 bridgehead atoms. The lowest BCUT2D eigenvalue weighted by Gasteiger charge is -2.15. The third-order valence-corrected chi connectivity index (χ3v) is 3.54. The van der Waals surface area contributed by atoms with E-state index in [4.69, 9.17) is 12.2 Å². The van der Waals surface area contributed by atoms with Gasteiger partial charge in [-0.2, -0.15) is 0 Å². The largest absolute Gasteiger partial charge is 0.332 e. The Labute approximate surface area is 126 Å². The Kier molecular flexibility index (Phi) is 4.74. The molecule has 2 aromatic rings. The highest BCUT2D eigenvalue weighted by Crippen LogP contribution is 2.20. The monoisotopic (exact) mass is 284 g/mol. The van der Waals surface area contributed by atoms with Crippen molar-refractivity contribution in [2.45, 2.75) is 27.2 Å². The molecule has 20 heavy (non-hydrogen) atoms. The smallest absolute Gasteiger partial charge is 0.175 e. The van der Waals surface area contributed by atoms with Gasteiger partial charge in [0, 0.05) is 11.4 Å². The summed E-state index contributed by atoms with van der Waals surface area (Å²) in [5, 5.41) is 7.11. The molecule has 0 spiro atoms. The van der Waals surface area contributed by atoms with Crippen molar-refractivity contribution >= 4 is 28.7 Å². The standard InChI is InChI=1S/C17H20N2S/c1-4-14-8-10-15(11-9-14)18-17(20)19-16-12(2)6-5-7-13(16)3/h5-11H,4H2,1-3H3,(H2,18,19,20). The first-order chi connectivity index (χ1) is 9.60. The van der Waals surface area contributed by atoms with Crippen molar-refractivity contribution in [1.82, 2.24) is 0 Å². The van der Waals surface area contributed by atoms with Crippen LogP contribution < -0.4 is 10.6 Å². The van der Waals surface area contributed by atoms with E-state index >= 15 is 0 Å². The predicted molar refractivity (Wildman–Crippen MR) is 91.6 cm³/mol. The normalized spacial score (nSPS) is 10.2. The van der Waals surface area contributed by atoms with Gasteiger partial charge in [0.25, 0.3) is 0 Å². The van der Waals surface area contributed by atoms with Crippen LogP contribution in [0.1, 0.15) is 23.6 Å². The molecule has 0 fully saturated rings. The first kappa shape index (κ1) is 14.5. The fourth-order valence-electron chi connectivity index (χ4n) is 2.11. The SMILES string of the molecule is CCc1ccc(NC(=S)Nc2c(C)cccc2C)cc1. The van der Waals surface area contributed by atoms with Gasteiger partial charge in [0.05, 0.1) is 0 Å². The highest BCUT2D eigenvalue weighted by atomic mass is 32.1. The molecule has 0 saturated carbocycles. The lowest BCUT2D eigenvalue weighted by atomic mass is 10.1. The second kappa shape index (κ2) is 6.53. The van der Waals surface area contributed by atoms with Crippen LogP contribution in [-0.2, 0) is 6.42 Å². The van der Waals surface area contributed by atoms with Gasteiger partial charge in [-0.25, -0.2) is 0 Å². The minimum absolute atomic E-state index is 0.617. The van der Waals surface area contributed by atoms with Crippen LogP contribution in [0.2, 0.25) is 0 Å². The number of nitrogens with one attached hydrogen (secondary N) is 2. The second-order valence-corrected chi connectivity index (χ2v) is 5.30. The quantitative estimate of drug-likeness (QED) is 0.801. The van der Waals surface area contributed by atoms with Crippen LogP contribution in [-0.4, -0.2) is 5.11 Å². The highest BCUT2D eigenvalue weighted by molar-refractivity contribution is 7.80. The Bertz CT molecular complexity index is 583. The van der Waals surface area contributed by atoms with E-state index in [2.05, 4.69) is 73.9 Å². The van der Waals surface area contributed by atoms with E-state index in [-0.39, 0.29) is 0 Å². The predicted octanol–water partition coefficient (Wildman–Crippen LogP) is 4.67. The maximum absolute atomic E-state index is 5.38. The van der Waals surface area contributed by atoms with Crippen LogP contribution in [0.3, 0.4) is 0 Å². The van der Waals surface area contributed by atoms with E-state index in [1.807, 2.05) is 0 Å². The molecule has 0 radical (unpaired) electrons. The Morgan fingerprint density at radius 1 is 0.950 bits per heavy atom. The molecule has 2 aromatic carbocycles. The molecule has 104 valence electrons. The van der Waals surface area contributed by atoms with Gasteiger partial charge < -0.3 is 10.6 Å². The summed E-state index contributed by atoms with van der Waals surface area (Å²) in [6.45, 7) is 6.30. The molecule has 0 heterocycles. The molecule has 0 aromatic heterocycles. The van der Waals surface area contributed by atoms with Crippen molar-refractivity contribution in [2.24, 2.45) is 0 Å². The van der Waals surface area contributed by atoms with Crippen molar-refractivity contribution in [3.05, 3.63) is 59.2 Å². The van der Waals surface area contributed by atoms with Gasteiger partial charge in [-0.1, -0.05) is 37.3 Å². The van der Waals surface area contributed by atoms with Gasteiger partial charge in [0.15, 0.2) is 5.11 Å². The molecule has 2 rings (SSSR count). The van der Waals surface area contributed by atoms with E-state index in [1.165, 1.54) is 16.7 Å². The summed E-state index contributed by atoms with van der Waals surface area (Å²) in [4.78, 5) is 0. The molecule has 0 unspecified atom stereocenters. The van der Waals surface area contributed by atoms with Crippen molar-refractivity contribution in [2.75, 3.05) is 10.6 Å². The number of anilines is 2. The first-order valence-corrected chi connectivity index (χ1v) is 7.24. The number of thiocarbonyl (C=S) groups is 1. The van der Waals surface area contributed by atoms with Crippen LogP contribution in [0.15, 0.2) is 42.5 Å². The van der Waals surface area contributed by atoms with E-state index in [1.54, 1.807) is 0 Å².